The summed E-state index contributed by atoms with van der Waals surface area (Å²) >= 11 is 0. The van der Waals surface area contributed by atoms with E-state index in [1.165, 1.54) is 24.3 Å². The molecule has 0 saturated carbocycles. The topological polar surface area (TPSA) is 186 Å². The highest BCUT2D eigenvalue weighted by Crippen LogP contribution is 2.35. The number of hydrogen-bond acceptors (Lipinski definition) is 10. The summed E-state index contributed by atoms with van der Waals surface area (Å²) in [5.74, 6) is -1.59. The second-order valence-electron chi connectivity index (χ2n) is 14.0. The molecule has 0 bridgehead atoms. The van der Waals surface area contributed by atoms with Gasteiger partial charge in [-0.15, -0.1) is 0 Å². The summed E-state index contributed by atoms with van der Waals surface area (Å²) < 4.78 is 43.7. The number of benzene rings is 2. The Morgan fingerprint density at radius 3 is 1.50 bits per heavy atom. The Labute approximate surface area is 329 Å². The van der Waals surface area contributed by atoms with Gasteiger partial charge in [0.15, 0.2) is 0 Å². The molecule has 2 saturated heterocycles. The van der Waals surface area contributed by atoms with E-state index in [2.05, 4.69) is 30.8 Å². The van der Waals surface area contributed by atoms with E-state index in [0.717, 1.165) is 37.1 Å². The SMILES string of the molecule is N#Cc1cccc(F)c1-c1cc(-n2ccc(C3CCCO3)n2)c2c(n1)CNC2=O.N#Cc1cccc(F)c1-c1cc(-n2ccc([C@H]3CCCO3)n2)c2c(n1)CNC2=O. The Kier molecular flexibility index (Phi) is 9.49. The number of carbonyl (C=O) groups is 2. The van der Waals surface area contributed by atoms with E-state index < -0.39 is 11.6 Å². The number of pyridine rings is 2. The fraction of sp³-hybridized carbons (Fsp3) is 0.238. The van der Waals surface area contributed by atoms with Crippen molar-refractivity contribution in [2.45, 2.75) is 51.0 Å². The summed E-state index contributed by atoms with van der Waals surface area (Å²) in [6, 6.07) is 19.6. The van der Waals surface area contributed by atoms with Crippen LogP contribution in [0.15, 0.2) is 73.1 Å². The second-order valence-corrected chi connectivity index (χ2v) is 14.0. The molecule has 8 heterocycles. The van der Waals surface area contributed by atoms with E-state index in [1.54, 1.807) is 46.0 Å². The lowest BCUT2D eigenvalue weighted by molar-refractivity contribution is 0.0957. The Balaban J connectivity index is 0.000000150. The molecule has 6 aromatic rings. The van der Waals surface area contributed by atoms with Crippen LogP contribution in [0.25, 0.3) is 33.9 Å². The zero-order chi connectivity index (χ0) is 39.9. The molecule has 16 heteroatoms. The molecule has 10 rings (SSSR count). The maximum Gasteiger partial charge on any atom is 0.255 e. The summed E-state index contributed by atoms with van der Waals surface area (Å²) in [5.41, 5.74) is 5.57. The molecule has 288 valence electrons. The van der Waals surface area contributed by atoms with E-state index in [-0.39, 0.29) is 59.4 Å². The third kappa shape index (κ3) is 6.54. The first-order chi connectivity index (χ1) is 28.3. The molecule has 58 heavy (non-hydrogen) atoms. The first-order valence-corrected chi connectivity index (χ1v) is 18.7. The lowest BCUT2D eigenvalue weighted by Crippen LogP contribution is -2.14. The minimum Gasteiger partial charge on any atom is -0.372 e. The molecule has 14 nitrogen and oxygen atoms in total. The third-order valence-electron chi connectivity index (χ3n) is 10.4. The van der Waals surface area contributed by atoms with Gasteiger partial charge in [0.2, 0.25) is 0 Å². The van der Waals surface area contributed by atoms with Crippen molar-refractivity contribution in [3.05, 3.63) is 130 Å². The molecule has 0 spiro atoms. The van der Waals surface area contributed by atoms with Crippen LogP contribution in [0, 0.1) is 34.3 Å². The van der Waals surface area contributed by atoms with Crippen LogP contribution in [0.2, 0.25) is 0 Å². The monoisotopic (exact) mass is 778 g/mol. The number of amides is 2. The first-order valence-electron chi connectivity index (χ1n) is 18.7. The smallest absolute Gasteiger partial charge is 0.255 e. The Morgan fingerprint density at radius 1 is 0.655 bits per heavy atom. The molecule has 2 atom stereocenters. The second kappa shape index (κ2) is 15.1. The minimum atomic E-state index is -0.541. The maximum absolute atomic E-state index is 14.6. The van der Waals surface area contributed by atoms with Crippen molar-refractivity contribution < 1.29 is 27.8 Å². The van der Waals surface area contributed by atoms with Crippen molar-refractivity contribution >= 4 is 11.8 Å². The van der Waals surface area contributed by atoms with Crippen molar-refractivity contribution in [2.24, 2.45) is 0 Å². The summed E-state index contributed by atoms with van der Waals surface area (Å²) in [5, 5.41) is 33.5. The molecule has 4 aromatic heterocycles. The third-order valence-corrected chi connectivity index (χ3v) is 10.4. The molecule has 0 aliphatic carbocycles. The van der Waals surface area contributed by atoms with Crippen molar-refractivity contribution in [1.82, 2.24) is 40.2 Å². The van der Waals surface area contributed by atoms with Gasteiger partial charge < -0.3 is 20.1 Å². The van der Waals surface area contributed by atoms with Crippen molar-refractivity contribution in [3.8, 4) is 46.0 Å². The Morgan fingerprint density at radius 2 is 1.10 bits per heavy atom. The molecule has 2 amide bonds. The number of fused-ring (bicyclic) bond motifs is 2. The number of aromatic nitrogens is 6. The van der Waals surface area contributed by atoms with Gasteiger partial charge in [-0.3, -0.25) is 9.59 Å². The van der Waals surface area contributed by atoms with Crippen molar-refractivity contribution in [1.29, 1.82) is 10.5 Å². The molecule has 2 fully saturated rings. The number of nitrogens with zero attached hydrogens (tertiary/aromatic N) is 8. The molecule has 0 radical (unpaired) electrons. The van der Waals surface area contributed by atoms with Crippen LogP contribution in [0.4, 0.5) is 8.78 Å². The molecular formula is C42H32F2N10O4. The van der Waals surface area contributed by atoms with E-state index in [9.17, 15) is 28.9 Å². The largest absolute Gasteiger partial charge is 0.372 e. The summed E-state index contributed by atoms with van der Waals surface area (Å²) in [6.07, 6.45) is 7.17. The van der Waals surface area contributed by atoms with Gasteiger partial charge in [-0.2, -0.15) is 20.7 Å². The number of nitrogens with one attached hydrogen (secondary N) is 2. The first kappa shape index (κ1) is 36.5. The fourth-order valence-electron chi connectivity index (χ4n) is 7.70. The number of ether oxygens (including phenoxy) is 2. The number of nitriles is 2. The van der Waals surface area contributed by atoms with Gasteiger partial charge in [0.25, 0.3) is 11.8 Å². The van der Waals surface area contributed by atoms with Crippen LogP contribution in [0.5, 0.6) is 0 Å². The summed E-state index contributed by atoms with van der Waals surface area (Å²) in [7, 11) is 0. The van der Waals surface area contributed by atoms with Crippen LogP contribution >= 0.6 is 0 Å². The number of rotatable bonds is 6. The highest BCUT2D eigenvalue weighted by atomic mass is 19.1. The molecule has 4 aliphatic rings. The van der Waals surface area contributed by atoms with E-state index in [1.807, 2.05) is 24.3 Å². The van der Waals surface area contributed by atoms with Gasteiger partial charge in [-0.25, -0.2) is 28.1 Å². The zero-order valence-corrected chi connectivity index (χ0v) is 30.7. The molecule has 2 aromatic carbocycles. The standard InChI is InChI=1S/2C21H16FN5O2/c2*22-13-4-1-3-12(10-23)19(13)15-9-17(20-16(25-15)11-24-21(20)28)27-7-6-14(26-27)18-5-2-8-29-18/h2*1,3-4,6-7,9,18H,2,5,8,11H2,(H,24,28)/t18-;/m1./s1. The lowest BCUT2D eigenvalue weighted by Gasteiger charge is -2.12. The van der Waals surface area contributed by atoms with Crippen LogP contribution < -0.4 is 10.6 Å². The molecule has 2 N–H and O–H groups in total. The zero-order valence-electron chi connectivity index (χ0n) is 30.7. The van der Waals surface area contributed by atoms with Gasteiger partial charge in [-0.05, 0) is 74.2 Å². The number of carbonyl (C=O) groups excluding carboxylic acids is 2. The normalized spacial score (nSPS) is 17.8. The van der Waals surface area contributed by atoms with Gasteiger partial charge in [0.05, 0.1) is 104 Å². The average Bonchev–Trinajstić information content (AvgIpc) is 4.09. The molecule has 4 aliphatic heterocycles. The van der Waals surface area contributed by atoms with E-state index in [4.69, 9.17) is 9.47 Å². The minimum absolute atomic E-state index is 0.0591. The average molecular weight is 779 g/mol. The highest BCUT2D eigenvalue weighted by molar-refractivity contribution is 6.02. The molecule has 1 unspecified atom stereocenters. The fourth-order valence-corrected chi connectivity index (χ4v) is 7.70. The Bertz CT molecular complexity index is 2530. The van der Waals surface area contributed by atoms with Crippen LogP contribution in [0.1, 0.15) is 92.5 Å². The van der Waals surface area contributed by atoms with Gasteiger partial charge in [0.1, 0.15) is 23.8 Å². The van der Waals surface area contributed by atoms with Crippen molar-refractivity contribution in [2.75, 3.05) is 13.2 Å². The summed E-state index contributed by atoms with van der Waals surface area (Å²) in [6.45, 7) is 1.90. The number of hydrogen-bond donors (Lipinski definition) is 2. The van der Waals surface area contributed by atoms with Crippen LogP contribution in [-0.4, -0.2) is 54.6 Å². The predicted octanol–water partition coefficient (Wildman–Crippen LogP) is 6.08. The van der Waals surface area contributed by atoms with E-state index >= 15 is 0 Å². The maximum atomic E-state index is 14.6. The quantitative estimate of drug-likeness (QED) is 0.201. The van der Waals surface area contributed by atoms with Crippen LogP contribution in [-0.2, 0) is 22.6 Å². The summed E-state index contributed by atoms with van der Waals surface area (Å²) in [4.78, 5) is 33.8. The predicted molar refractivity (Wildman–Crippen MR) is 201 cm³/mol. The highest BCUT2D eigenvalue weighted by Gasteiger charge is 2.31. The number of halogens is 2. The Hall–Kier alpha value is -7.14. The van der Waals surface area contributed by atoms with Crippen molar-refractivity contribution in [3.63, 3.8) is 0 Å². The van der Waals surface area contributed by atoms with Gasteiger partial charge in [-0.1, -0.05) is 12.1 Å². The van der Waals surface area contributed by atoms with Crippen LogP contribution in [0.3, 0.4) is 0 Å². The molecular weight excluding hydrogens is 747 g/mol. The lowest BCUT2D eigenvalue weighted by atomic mass is 10.0. The van der Waals surface area contributed by atoms with Gasteiger partial charge >= 0.3 is 0 Å². The van der Waals surface area contributed by atoms with E-state index in [0.29, 0.717) is 58.5 Å². The van der Waals surface area contributed by atoms with Gasteiger partial charge in [0, 0.05) is 25.6 Å².